The number of hydrogen-bond acceptors (Lipinski definition) is 1. The van der Waals surface area contributed by atoms with E-state index in [2.05, 4.69) is 12.2 Å². The summed E-state index contributed by atoms with van der Waals surface area (Å²) in [4.78, 5) is 9.21. The Balaban J connectivity index is 2.76. The van der Waals surface area contributed by atoms with Crippen molar-refractivity contribution in [1.29, 1.82) is 0 Å². The third kappa shape index (κ3) is 1.94. The van der Waals surface area contributed by atoms with Crippen molar-refractivity contribution in [2.45, 2.75) is 5.66 Å². The molecule has 1 aliphatic carbocycles. The van der Waals surface area contributed by atoms with Gasteiger partial charge in [0.25, 0.3) is 0 Å². The molecule has 0 radical (unpaired) electrons. The Morgan fingerprint density at radius 1 is 1.44 bits per heavy atom. The first-order valence-electron chi connectivity index (χ1n) is 2.51. The summed E-state index contributed by atoms with van der Waals surface area (Å²) in [5.74, 6) is 0. The van der Waals surface area contributed by atoms with Crippen LogP contribution < -0.4 is 0 Å². The normalized spacial score (nSPS) is 24.7. The lowest BCUT2D eigenvalue weighted by atomic mass is 10.5. The molecular weight excluding hydrogens is 171 g/mol. The van der Waals surface area contributed by atoms with Crippen LogP contribution in [0.3, 0.4) is 0 Å². The maximum atomic E-state index is 9.21. The lowest BCUT2D eigenvalue weighted by Crippen LogP contribution is -1.91. The van der Waals surface area contributed by atoms with E-state index in [0.717, 1.165) is 0 Å². The molecule has 9 heavy (non-hydrogen) atoms. The molecule has 0 aromatic rings. The van der Waals surface area contributed by atoms with Crippen molar-refractivity contribution >= 4 is 29.5 Å². The summed E-state index contributed by atoms with van der Waals surface area (Å²) in [6.45, 7) is 0. The van der Waals surface area contributed by atoms with E-state index < -0.39 is 5.47 Å². The maximum absolute atomic E-state index is 9.21. The molecule has 0 saturated carbocycles. The van der Waals surface area contributed by atoms with Crippen molar-refractivity contribution in [2.75, 3.05) is 0 Å². The molecule has 0 saturated heterocycles. The zero-order chi connectivity index (χ0) is 6.91. The van der Waals surface area contributed by atoms with E-state index in [9.17, 15) is 4.89 Å². The first-order valence-corrected chi connectivity index (χ1v) is 6.48. The number of thiol groups is 1. The molecule has 0 aliphatic heterocycles. The van der Waals surface area contributed by atoms with E-state index in [-0.39, 0.29) is 5.66 Å². The highest BCUT2D eigenvalue weighted by molar-refractivity contribution is 8.61. The molecule has 1 nitrogen and oxygen atoms in total. The van der Waals surface area contributed by atoms with Gasteiger partial charge in [0.05, 0.1) is 5.66 Å². The topological polar surface area (TPSA) is 20.2 Å². The van der Waals surface area contributed by atoms with Gasteiger partial charge in [-0.1, -0.05) is 36.1 Å². The fraction of sp³-hybridized carbons (Fsp3) is 0.200. The van der Waals surface area contributed by atoms with Gasteiger partial charge in [-0.25, -0.2) is 0 Å². The summed E-state index contributed by atoms with van der Waals surface area (Å²) in [5.41, 5.74) is -2.36. The van der Waals surface area contributed by atoms with Crippen LogP contribution in [0, 0.1) is 0 Å². The summed E-state index contributed by atoms with van der Waals surface area (Å²) < 4.78 is 0. The highest BCUT2D eigenvalue weighted by Crippen LogP contribution is 2.53. The van der Waals surface area contributed by atoms with Crippen LogP contribution in [0.25, 0.3) is 0 Å². The SMILES string of the molecule is OP(=S)(S)C1C=CC=C1. The van der Waals surface area contributed by atoms with Crippen molar-refractivity contribution in [2.24, 2.45) is 0 Å². The molecular formula is C5H7OPS2. The van der Waals surface area contributed by atoms with Crippen LogP contribution in [0.2, 0.25) is 0 Å². The lowest BCUT2D eigenvalue weighted by molar-refractivity contribution is 0.637. The number of hydrogen-bond donors (Lipinski definition) is 2. The molecule has 1 N–H and O–H groups in total. The van der Waals surface area contributed by atoms with Gasteiger partial charge in [-0.2, -0.15) is 0 Å². The highest BCUT2D eigenvalue weighted by atomic mass is 32.9. The largest absolute Gasteiger partial charge is 0.357 e. The van der Waals surface area contributed by atoms with Crippen LogP contribution in [0.4, 0.5) is 0 Å². The Bertz CT molecular complexity index is 191. The quantitative estimate of drug-likeness (QED) is 0.471. The van der Waals surface area contributed by atoms with E-state index >= 15 is 0 Å². The molecule has 1 unspecified atom stereocenters. The maximum Gasteiger partial charge on any atom is 0.124 e. The van der Waals surface area contributed by atoms with Crippen LogP contribution in [0.5, 0.6) is 0 Å². The van der Waals surface area contributed by atoms with Crippen LogP contribution >= 0.6 is 17.7 Å². The van der Waals surface area contributed by atoms with Gasteiger partial charge >= 0.3 is 0 Å². The van der Waals surface area contributed by atoms with E-state index in [4.69, 9.17) is 11.8 Å². The molecule has 0 spiro atoms. The van der Waals surface area contributed by atoms with Crippen molar-refractivity contribution in [1.82, 2.24) is 0 Å². The Morgan fingerprint density at radius 2 is 1.89 bits per heavy atom. The molecule has 1 atom stereocenters. The van der Waals surface area contributed by atoms with Crippen LogP contribution in [-0.4, -0.2) is 10.6 Å². The van der Waals surface area contributed by atoms with Gasteiger partial charge in [-0.05, 0) is 0 Å². The number of rotatable bonds is 1. The van der Waals surface area contributed by atoms with Crippen molar-refractivity contribution < 1.29 is 4.89 Å². The smallest absolute Gasteiger partial charge is 0.124 e. The average Bonchev–Trinajstić information content (AvgIpc) is 2.08. The van der Waals surface area contributed by atoms with E-state index in [1.807, 2.05) is 24.3 Å². The second-order valence-electron chi connectivity index (χ2n) is 1.85. The average molecular weight is 178 g/mol. The van der Waals surface area contributed by atoms with Crippen molar-refractivity contribution in [3.63, 3.8) is 0 Å². The van der Waals surface area contributed by atoms with Gasteiger partial charge in [-0.15, -0.1) is 12.2 Å². The third-order valence-electron chi connectivity index (χ3n) is 1.12. The Morgan fingerprint density at radius 3 is 2.11 bits per heavy atom. The van der Waals surface area contributed by atoms with Crippen LogP contribution in [0.15, 0.2) is 24.3 Å². The van der Waals surface area contributed by atoms with E-state index in [1.165, 1.54) is 0 Å². The molecule has 50 valence electrons. The van der Waals surface area contributed by atoms with Gasteiger partial charge in [0, 0.05) is 0 Å². The molecule has 4 heteroatoms. The minimum Gasteiger partial charge on any atom is -0.357 e. The third-order valence-corrected chi connectivity index (χ3v) is 3.77. The number of allylic oxidation sites excluding steroid dienone is 4. The second kappa shape index (κ2) is 2.59. The van der Waals surface area contributed by atoms with E-state index in [0.29, 0.717) is 0 Å². The summed E-state index contributed by atoms with van der Waals surface area (Å²) in [5, 5.41) is 0. The second-order valence-corrected chi connectivity index (χ2v) is 7.94. The molecule has 1 rings (SSSR count). The Hall–Kier alpha value is 0.440. The minimum absolute atomic E-state index is 0.00386. The highest BCUT2D eigenvalue weighted by Gasteiger charge is 2.17. The fourth-order valence-electron chi connectivity index (χ4n) is 0.644. The Kier molecular flexibility index (Phi) is 2.17. The predicted molar refractivity (Wildman–Crippen MR) is 47.6 cm³/mol. The summed E-state index contributed by atoms with van der Waals surface area (Å²) in [6.07, 6.45) is 7.48. The molecule has 0 heterocycles. The van der Waals surface area contributed by atoms with Gasteiger partial charge in [0.1, 0.15) is 5.47 Å². The fourth-order valence-corrected chi connectivity index (χ4v) is 2.18. The first kappa shape index (κ1) is 7.55. The van der Waals surface area contributed by atoms with Gasteiger partial charge in [0.2, 0.25) is 0 Å². The molecule has 0 bridgehead atoms. The zero-order valence-corrected chi connectivity index (χ0v) is 7.24. The minimum atomic E-state index is -2.36. The predicted octanol–water partition coefficient (Wildman–Crippen LogP) is 1.71. The standard InChI is InChI=1S/C5H7OPS2/c6-7(8,9)5-3-1-2-4-5/h1-5H,(H2,6,8,9). The summed E-state index contributed by atoms with van der Waals surface area (Å²) >= 11 is 8.70. The van der Waals surface area contributed by atoms with Gasteiger partial charge < -0.3 is 4.89 Å². The zero-order valence-electron chi connectivity index (χ0n) is 4.64. The molecule has 1 aliphatic rings. The lowest BCUT2D eigenvalue weighted by Gasteiger charge is -2.11. The van der Waals surface area contributed by atoms with Gasteiger partial charge in [-0.3, -0.25) is 0 Å². The van der Waals surface area contributed by atoms with Crippen molar-refractivity contribution in [3.05, 3.63) is 24.3 Å². The summed E-state index contributed by atoms with van der Waals surface area (Å²) in [6, 6.07) is 0. The molecule has 0 fully saturated rings. The monoisotopic (exact) mass is 178 g/mol. The first-order chi connectivity index (χ1) is 4.11. The molecule has 0 aromatic carbocycles. The molecule has 0 aromatic heterocycles. The molecule has 0 amide bonds. The van der Waals surface area contributed by atoms with Gasteiger partial charge in [0.15, 0.2) is 0 Å². The van der Waals surface area contributed by atoms with Crippen LogP contribution in [0.1, 0.15) is 0 Å². The van der Waals surface area contributed by atoms with Crippen LogP contribution in [-0.2, 0) is 11.8 Å². The summed E-state index contributed by atoms with van der Waals surface area (Å²) in [7, 11) is 0. The Labute approximate surface area is 64.7 Å². The van der Waals surface area contributed by atoms with E-state index in [1.54, 1.807) is 0 Å². The van der Waals surface area contributed by atoms with Crippen molar-refractivity contribution in [3.8, 4) is 0 Å².